The largest absolute Gasteiger partial charge is 0.478 e. The van der Waals surface area contributed by atoms with Gasteiger partial charge in [0.2, 0.25) is 0 Å². The molecule has 0 aliphatic heterocycles. The summed E-state index contributed by atoms with van der Waals surface area (Å²) < 4.78 is 0.604. The van der Waals surface area contributed by atoms with E-state index in [1.165, 1.54) is 0 Å². The van der Waals surface area contributed by atoms with Crippen molar-refractivity contribution in [2.45, 2.75) is 6.42 Å². The number of halogens is 1. The van der Waals surface area contributed by atoms with Gasteiger partial charge in [-0.05, 0) is 53.6 Å². The standard InChI is InChI=1S/C12H14BrNO2/c1-14-7-3-2-4-9-5-6-11(13)10(8-9)12(15)16/h2,4-6,8,14H,3,7H2,1H3,(H,15,16). The van der Waals surface area contributed by atoms with Crippen molar-refractivity contribution in [2.75, 3.05) is 13.6 Å². The van der Waals surface area contributed by atoms with Gasteiger partial charge in [-0.3, -0.25) is 0 Å². The molecule has 0 heterocycles. The summed E-state index contributed by atoms with van der Waals surface area (Å²) in [6, 6.07) is 5.29. The molecule has 3 nitrogen and oxygen atoms in total. The third-order valence-corrected chi connectivity index (χ3v) is 2.78. The minimum Gasteiger partial charge on any atom is -0.478 e. The summed E-state index contributed by atoms with van der Waals surface area (Å²) in [5.74, 6) is -0.919. The van der Waals surface area contributed by atoms with Crippen LogP contribution in [0.15, 0.2) is 28.7 Å². The Morgan fingerprint density at radius 2 is 2.31 bits per heavy atom. The van der Waals surface area contributed by atoms with Gasteiger partial charge >= 0.3 is 5.97 Å². The molecule has 0 fully saturated rings. The molecule has 0 aliphatic rings. The number of hydrogen-bond donors (Lipinski definition) is 2. The van der Waals surface area contributed by atoms with E-state index in [0.717, 1.165) is 18.5 Å². The van der Waals surface area contributed by atoms with E-state index in [2.05, 4.69) is 21.2 Å². The first-order chi connectivity index (χ1) is 7.65. The Balaban J connectivity index is 2.78. The fraction of sp³-hybridized carbons (Fsp3) is 0.250. The molecule has 1 rings (SSSR count). The molecule has 0 spiro atoms. The summed E-state index contributed by atoms with van der Waals surface area (Å²) in [5, 5.41) is 12.0. The van der Waals surface area contributed by atoms with Crippen molar-refractivity contribution in [2.24, 2.45) is 0 Å². The van der Waals surface area contributed by atoms with Crippen molar-refractivity contribution in [3.8, 4) is 0 Å². The molecule has 2 N–H and O–H groups in total. The lowest BCUT2D eigenvalue weighted by Gasteiger charge is -2.00. The first kappa shape index (κ1) is 12.9. The highest BCUT2D eigenvalue weighted by Gasteiger charge is 2.07. The fourth-order valence-electron chi connectivity index (χ4n) is 1.26. The summed E-state index contributed by atoms with van der Waals surface area (Å²) in [6.45, 7) is 0.915. The second kappa shape index (κ2) is 6.45. The molecule has 0 saturated heterocycles. The quantitative estimate of drug-likeness (QED) is 0.817. The molecule has 0 saturated carbocycles. The van der Waals surface area contributed by atoms with Gasteiger partial charge in [-0.25, -0.2) is 4.79 Å². The van der Waals surface area contributed by atoms with Crippen LogP contribution in [0.25, 0.3) is 6.08 Å². The van der Waals surface area contributed by atoms with E-state index in [4.69, 9.17) is 5.11 Å². The molecule has 1 aromatic rings. The molecule has 1 aromatic carbocycles. The molecule has 0 radical (unpaired) electrons. The van der Waals surface area contributed by atoms with Gasteiger partial charge in [0.05, 0.1) is 5.56 Å². The van der Waals surface area contributed by atoms with E-state index < -0.39 is 5.97 Å². The van der Waals surface area contributed by atoms with Crippen molar-refractivity contribution >= 4 is 28.0 Å². The maximum atomic E-state index is 10.9. The number of aromatic carboxylic acids is 1. The van der Waals surface area contributed by atoms with Gasteiger partial charge < -0.3 is 10.4 Å². The van der Waals surface area contributed by atoms with Gasteiger partial charge in [-0.15, -0.1) is 0 Å². The summed E-state index contributed by atoms with van der Waals surface area (Å²) in [5.41, 5.74) is 1.19. The van der Waals surface area contributed by atoms with E-state index in [1.54, 1.807) is 12.1 Å². The number of carboxylic acid groups (broad SMARTS) is 1. The SMILES string of the molecule is CNCCC=Cc1ccc(Br)c(C(=O)O)c1. The average molecular weight is 284 g/mol. The molecule has 0 unspecified atom stereocenters. The molecule has 0 aromatic heterocycles. The van der Waals surface area contributed by atoms with Crippen LogP contribution in [0, 0.1) is 0 Å². The zero-order chi connectivity index (χ0) is 12.0. The summed E-state index contributed by atoms with van der Waals surface area (Å²) in [6.07, 6.45) is 4.87. The van der Waals surface area contributed by atoms with Crippen LogP contribution in [0.5, 0.6) is 0 Å². The number of rotatable bonds is 5. The number of carboxylic acids is 1. The Labute approximate surface area is 103 Å². The smallest absolute Gasteiger partial charge is 0.336 e. The number of nitrogens with one attached hydrogen (secondary N) is 1. The molecule has 86 valence electrons. The normalized spacial score (nSPS) is 10.9. The van der Waals surface area contributed by atoms with E-state index in [9.17, 15) is 4.79 Å². The predicted molar refractivity (Wildman–Crippen MR) is 68.7 cm³/mol. The third kappa shape index (κ3) is 3.79. The van der Waals surface area contributed by atoms with Gasteiger partial charge in [0.1, 0.15) is 0 Å². The number of carbonyl (C=O) groups is 1. The zero-order valence-corrected chi connectivity index (χ0v) is 10.6. The predicted octanol–water partition coefficient (Wildman–Crippen LogP) is 2.77. The Morgan fingerprint density at radius 3 is 2.94 bits per heavy atom. The van der Waals surface area contributed by atoms with E-state index in [1.807, 2.05) is 25.3 Å². The van der Waals surface area contributed by atoms with Crippen molar-refractivity contribution in [1.82, 2.24) is 5.32 Å². The monoisotopic (exact) mass is 283 g/mol. The van der Waals surface area contributed by atoms with Gasteiger partial charge in [-0.1, -0.05) is 18.2 Å². The molecule has 4 heteroatoms. The second-order valence-electron chi connectivity index (χ2n) is 3.34. The lowest BCUT2D eigenvalue weighted by molar-refractivity contribution is 0.0696. The minimum absolute atomic E-state index is 0.288. The van der Waals surface area contributed by atoms with Crippen LogP contribution in [0.2, 0.25) is 0 Å². The fourth-order valence-corrected chi connectivity index (χ4v) is 1.67. The van der Waals surface area contributed by atoms with Crippen molar-refractivity contribution in [1.29, 1.82) is 0 Å². The Bertz CT molecular complexity index is 402. The van der Waals surface area contributed by atoms with Crippen LogP contribution in [0.1, 0.15) is 22.3 Å². The molecule has 0 bridgehead atoms. The summed E-state index contributed by atoms with van der Waals surface area (Å²) >= 11 is 3.21. The maximum Gasteiger partial charge on any atom is 0.336 e. The Hall–Kier alpha value is -1.13. The first-order valence-corrected chi connectivity index (χ1v) is 5.78. The van der Waals surface area contributed by atoms with Gasteiger partial charge in [0, 0.05) is 4.47 Å². The second-order valence-corrected chi connectivity index (χ2v) is 4.19. The van der Waals surface area contributed by atoms with Crippen LogP contribution in [0.4, 0.5) is 0 Å². The molecule has 0 amide bonds. The minimum atomic E-state index is -0.919. The van der Waals surface area contributed by atoms with Gasteiger partial charge in [-0.2, -0.15) is 0 Å². The molecule has 16 heavy (non-hydrogen) atoms. The van der Waals surface area contributed by atoms with E-state index in [-0.39, 0.29) is 5.56 Å². The third-order valence-electron chi connectivity index (χ3n) is 2.09. The topological polar surface area (TPSA) is 49.3 Å². The lowest BCUT2D eigenvalue weighted by Crippen LogP contribution is -2.05. The molecule has 0 atom stereocenters. The van der Waals surface area contributed by atoms with E-state index >= 15 is 0 Å². The number of hydrogen-bond acceptors (Lipinski definition) is 2. The molecule has 0 aliphatic carbocycles. The molecular weight excluding hydrogens is 270 g/mol. The zero-order valence-electron chi connectivity index (χ0n) is 9.03. The maximum absolute atomic E-state index is 10.9. The van der Waals surface area contributed by atoms with Crippen molar-refractivity contribution < 1.29 is 9.90 Å². The van der Waals surface area contributed by atoms with Crippen LogP contribution in [-0.4, -0.2) is 24.7 Å². The van der Waals surface area contributed by atoms with Gasteiger partial charge in [0.25, 0.3) is 0 Å². The average Bonchev–Trinajstić information content (AvgIpc) is 2.26. The lowest BCUT2D eigenvalue weighted by atomic mass is 10.1. The highest BCUT2D eigenvalue weighted by Crippen LogP contribution is 2.19. The van der Waals surface area contributed by atoms with Crippen LogP contribution < -0.4 is 5.32 Å². The van der Waals surface area contributed by atoms with Crippen LogP contribution >= 0.6 is 15.9 Å². The van der Waals surface area contributed by atoms with Crippen LogP contribution in [-0.2, 0) is 0 Å². The van der Waals surface area contributed by atoms with Crippen LogP contribution in [0.3, 0.4) is 0 Å². The molecular formula is C12H14BrNO2. The Kier molecular flexibility index (Phi) is 5.22. The van der Waals surface area contributed by atoms with Crippen molar-refractivity contribution in [3.05, 3.63) is 39.9 Å². The van der Waals surface area contributed by atoms with E-state index in [0.29, 0.717) is 4.47 Å². The van der Waals surface area contributed by atoms with Gasteiger partial charge in [0.15, 0.2) is 0 Å². The first-order valence-electron chi connectivity index (χ1n) is 4.99. The summed E-state index contributed by atoms with van der Waals surface area (Å²) in [4.78, 5) is 10.9. The highest BCUT2D eigenvalue weighted by atomic mass is 79.9. The number of benzene rings is 1. The Morgan fingerprint density at radius 1 is 1.56 bits per heavy atom. The highest BCUT2D eigenvalue weighted by molar-refractivity contribution is 9.10. The summed E-state index contributed by atoms with van der Waals surface area (Å²) in [7, 11) is 1.90. The van der Waals surface area contributed by atoms with Crippen molar-refractivity contribution in [3.63, 3.8) is 0 Å².